The number of H-pyrrole nitrogens is 2. The molecule has 0 spiro atoms. The molecule has 6 aromatic rings. The summed E-state index contributed by atoms with van der Waals surface area (Å²) in [6.45, 7) is 8.57. The van der Waals surface area contributed by atoms with Gasteiger partial charge in [-0.1, -0.05) is 75.7 Å². The highest BCUT2D eigenvalue weighted by atomic mass is 16.5. The van der Waals surface area contributed by atoms with Gasteiger partial charge < -0.3 is 39.3 Å². The smallest absolute Gasteiger partial charge is 0.407 e. The largest absolute Gasteiger partial charge is 0.488 e. The molecule has 3 N–H and O–H groups in total. The Balaban J connectivity index is 0.992. The van der Waals surface area contributed by atoms with Gasteiger partial charge in [-0.3, -0.25) is 9.59 Å². The standard InChI is InChI=1S/C48H53N7O6/c1-6-27(2)17-42(56)54-23-28(3)16-39(54)45-49-22-38(51-45)32-12-14-34-33(19-32)26-61-41-21-35-31(20-36(34)41)13-15-37-44(35)52-46(50-37)40-18-29(25-59-4)24-55(40)47(57)43(53-48(58)60-5)30-10-8-7-9-11-30/h7-15,19-22,27-29,39-40,43H,6,16-18,23-26H2,1-5H3,(H,49,51)(H,50,52)(H,53,58)/t27-,28?,29?,39?,40-,43?/m0/s1. The van der Waals surface area contributed by atoms with Crippen molar-refractivity contribution in [3.05, 3.63) is 102 Å². The third-order valence-electron chi connectivity index (χ3n) is 12.9. The fraction of sp³-hybridized carbons (Fsp3) is 0.396. The molecule has 2 aromatic heterocycles. The molecule has 3 aliphatic heterocycles. The minimum atomic E-state index is -0.940. The van der Waals surface area contributed by atoms with E-state index in [0.717, 1.165) is 80.7 Å². The van der Waals surface area contributed by atoms with E-state index in [-0.39, 0.29) is 29.8 Å². The van der Waals surface area contributed by atoms with Gasteiger partial charge in [0, 0.05) is 43.5 Å². The first kappa shape index (κ1) is 40.2. The van der Waals surface area contributed by atoms with Gasteiger partial charge in [0.1, 0.15) is 30.0 Å². The molecule has 2 fully saturated rings. The molecule has 13 heteroatoms. The van der Waals surface area contributed by atoms with E-state index < -0.39 is 12.1 Å². The minimum absolute atomic E-state index is 0.0482. The van der Waals surface area contributed by atoms with E-state index in [4.69, 9.17) is 24.2 Å². The maximum absolute atomic E-state index is 14.4. The topological polar surface area (TPSA) is 155 Å². The number of rotatable bonds is 11. The average Bonchev–Trinajstić information content (AvgIpc) is 4.10. The predicted octanol–water partition coefficient (Wildman–Crippen LogP) is 8.64. The van der Waals surface area contributed by atoms with E-state index in [1.807, 2.05) is 47.5 Å². The number of nitrogens with one attached hydrogen (secondary N) is 3. The highest BCUT2D eigenvalue weighted by Gasteiger charge is 2.42. The Bertz CT molecular complexity index is 2600. The normalized spacial score (nSPS) is 20.6. The van der Waals surface area contributed by atoms with Crippen molar-refractivity contribution in [3.63, 3.8) is 0 Å². The van der Waals surface area contributed by atoms with Crippen molar-refractivity contribution >= 4 is 39.7 Å². The number of aromatic amines is 2. The van der Waals surface area contributed by atoms with Gasteiger partial charge in [-0.25, -0.2) is 14.8 Å². The summed E-state index contributed by atoms with van der Waals surface area (Å²) in [6, 6.07) is 22.6. The summed E-state index contributed by atoms with van der Waals surface area (Å²) < 4.78 is 16.9. The number of hydrogen-bond donors (Lipinski definition) is 3. The number of aromatic nitrogens is 4. The maximum atomic E-state index is 14.4. The second-order valence-corrected chi connectivity index (χ2v) is 17.2. The van der Waals surface area contributed by atoms with Gasteiger partial charge in [0.15, 0.2) is 0 Å². The van der Waals surface area contributed by atoms with Crippen LogP contribution < -0.4 is 10.1 Å². The molecule has 3 aliphatic rings. The summed E-state index contributed by atoms with van der Waals surface area (Å²) in [5.74, 6) is 3.10. The number of ether oxygens (including phenoxy) is 3. The lowest BCUT2D eigenvalue weighted by Gasteiger charge is -2.28. The maximum Gasteiger partial charge on any atom is 0.407 e. The molecule has 3 amide bonds. The molecule has 61 heavy (non-hydrogen) atoms. The number of nitrogens with zero attached hydrogens (tertiary/aromatic N) is 4. The van der Waals surface area contributed by atoms with Crippen molar-refractivity contribution in [1.29, 1.82) is 0 Å². The van der Waals surface area contributed by atoms with Crippen LogP contribution in [0.4, 0.5) is 4.79 Å². The van der Waals surface area contributed by atoms with Gasteiger partial charge >= 0.3 is 6.09 Å². The molecule has 13 nitrogen and oxygen atoms in total. The number of likely N-dealkylation sites (tertiary alicyclic amines) is 2. The number of carbonyl (C=O) groups excluding carboxylic acids is 3. The Labute approximate surface area is 355 Å². The molecule has 0 radical (unpaired) electrons. The van der Waals surface area contributed by atoms with Crippen molar-refractivity contribution in [2.45, 2.75) is 71.2 Å². The average molecular weight is 824 g/mol. The first-order chi connectivity index (χ1) is 29.6. The number of benzene rings is 4. The van der Waals surface area contributed by atoms with Crippen molar-refractivity contribution in [1.82, 2.24) is 35.1 Å². The van der Waals surface area contributed by atoms with E-state index in [9.17, 15) is 14.4 Å². The van der Waals surface area contributed by atoms with Crippen LogP contribution in [0.5, 0.6) is 5.75 Å². The second kappa shape index (κ2) is 16.7. The SMILES string of the molecule is CC[C@H](C)CC(=O)N1CC(C)CC1c1ncc(-c2ccc3c(c2)COc2cc4c(ccc5[nH]c([C@@H]6CC(COC)CN6C(=O)C(NC(=O)OC)c6ccccc6)nc54)cc2-3)[nH]1. The van der Waals surface area contributed by atoms with Crippen molar-refractivity contribution < 1.29 is 28.6 Å². The van der Waals surface area contributed by atoms with Gasteiger partial charge in [0.25, 0.3) is 5.91 Å². The summed E-state index contributed by atoms with van der Waals surface area (Å²) in [5, 5.41) is 4.72. The highest BCUT2D eigenvalue weighted by molar-refractivity contribution is 6.07. The summed E-state index contributed by atoms with van der Waals surface area (Å²) in [5.41, 5.74) is 7.44. The molecule has 0 bridgehead atoms. The molecule has 2 saturated heterocycles. The first-order valence-electron chi connectivity index (χ1n) is 21.4. The molecule has 0 saturated carbocycles. The second-order valence-electron chi connectivity index (χ2n) is 17.2. The molecule has 6 atom stereocenters. The molecule has 4 unspecified atom stereocenters. The zero-order chi connectivity index (χ0) is 42.4. The van der Waals surface area contributed by atoms with Crippen molar-refractivity contribution in [3.8, 4) is 28.1 Å². The third-order valence-corrected chi connectivity index (χ3v) is 12.9. The third kappa shape index (κ3) is 7.71. The van der Waals surface area contributed by atoms with Crippen LogP contribution in [-0.4, -0.2) is 81.6 Å². The van der Waals surface area contributed by atoms with E-state index in [1.165, 1.54) is 7.11 Å². The van der Waals surface area contributed by atoms with Crippen LogP contribution in [0.1, 0.15) is 87.4 Å². The summed E-state index contributed by atoms with van der Waals surface area (Å²) >= 11 is 0. The van der Waals surface area contributed by atoms with Gasteiger partial charge in [0.05, 0.1) is 48.7 Å². The lowest BCUT2D eigenvalue weighted by atomic mass is 9.92. The van der Waals surface area contributed by atoms with Crippen LogP contribution in [0.2, 0.25) is 0 Å². The highest BCUT2D eigenvalue weighted by Crippen LogP contribution is 2.44. The molecule has 9 rings (SSSR count). The molecule has 0 aliphatic carbocycles. The van der Waals surface area contributed by atoms with Gasteiger partial charge in [-0.05, 0) is 76.6 Å². The van der Waals surface area contributed by atoms with Gasteiger partial charge in [-0.2, -0.15) is 0 Å². The van der Waals surface area contributed by atoms with Gasteiger partial charge in [0.2, 0.25) is 5.91 Å². The van der Waals surface area contributed by atoms with Crippen LogP contribution in [0, 0.1) is 17.8 Å². The molecule has 316 valence electrons. The number of carbonyl (C=O) groups is 3. The van der Waals surface area contributed by atoms with Crippen molar-refractivity contribution in [2.75, 3.05) is 33.9 Å². The Morgan fingerprint density at radius 2 is 1.75 bits per heavy atom. The van der Waals surface area contributed by atoms with E-state index in [2.05, 4.69) is 72.5 Å². The van der Waals surface area contributed by atoms with E-state index >= 15 is 0 Å². The number of fused-ring (bicyclic) bond motifs is 6. The number of amides is 3. The number of imidazole rings is 2. The fourth-order valence-electron chi connectivity index (χ4n) is 9.48. The molecular formula is C48H53N7O6. The van der Waals surface area contributed by atoms with Crippen LogP contribution in [0.3, 0.4) is 0 Å². The van der Waals surface area contributed by atoms with Crippen LogP contribution in [-0.2, 0) is 25.7 Å². The summed E-state index contributed by atoms with van der Waals surface area (Å²) in [6.07, 6.45) is 4.28. The van der Waals surface area contributed by atoms with Gasteiger partial charge in [-0.15, -0.1) is 0 Å². The predicted molar refractivity (Wildman–Crippen MR) is 232 cm³/mol. The summed E-state index contributed by atoms with van der Waals surface area (Å²) in [7, 11) is 2.95. The zero-order valence-electron chi connectivity index (χ0n) is 35.4. The Kier molecular flexibility index (Phi) is 11.0. The lowest BCUT2D eigenvalue weighted by Crippen LogP contribution is -2.43. The number of hydrogen-bond acceptors (Lipinski definition) is 8. The molecule has 5 heterocycles. The lowest BCUT2D eigenvalue weighted by molar-refractivity contribution is -0.135. The van der Waals surface area contributed by atoms with Crippen LogP contribution in [0.15, 0.2) is 79.0 Å². The van der Waals surface area contributed by atoms with E-state index in [1.54, 1.807) is 12.0 Å². The van der Waals surface area contributed by atoms with E-state index in [0.29, 0.717) is 55.8 Å². The van der Waals surface area contributed by atoms with Crippen LogP contribution >= 0.6 is 0 Å². The van der Waals surface area contributed by atoms with Crippen molar-refractivity contribution in [2.24, 2.45) is 17.8 Å². The Hall–Kier alpha value is -6.21. The number of methoxy groups -OCH3 is 2. The Morgan fingerprint density at radius 1 is 0.934 bits per heavy atom. The Morgan fingerprint density at radius 3 is 2.54 bits per heavy atom. The molecule has 4 aromatic carbocycles. The quantitative estimate of drug-likeness (QED) is 0.117. The number of alkyl carbamates (subject to hydrolysis) is 1. The fourth-order valence-corrected chi connectivity index (χ4v) is 9.48. The zero-order valence-corrected chi connectivity index (χ0v) is 35.4. The minimum Gasteiger partial charge on any atom is -0.488 e. The first-order valence-corrected chi connectivity index (χ1v) is 21.4. The summed E-state index contributed by atoms with van der Waals surface area (Å²) in [4.78, 5) is 61.0. The molecular weight excluding hydrogens is 771 g/mol. The monoisotopic (exact) mass is 823 g/mol. The van der Waals surface area contributed by atoms with Crippen LogP contribution in [0.25, 0.3) is 44.2 Å².